The van der Waals surface area contributed by atoms with Gasteiger partial charge in [0.15, 0.2) is 0 Å². The van der Waals surface area contributed by atoms with E-state index in [1.165, 1.54) is 12.1 Å². The summed E-state index contributed by atoms with van der Waals surface area (Å²) in [5, 5.41) is 28.6. The van der Waals surface area contributed by atoms with E-state index < -0.39 is 49.7 Å². The Morgan fingerprint density at radius 1 is 1.08 bits per heavy atom. The van der Waals surface area contributed by atoms with Gasteiger partial charge in [-0.3, -0.25) is 14.2 Å². The third-order valence-corrected chi connectivity index (χ3v) is 5.51. The molecule has 24 heavy (non-hydrogen) atoms. The topological polar surface area (TPSA) is 161 Å². The van der Waals surface area contributed by atoms with Crippen LogP contribution in [0.1, 0.15) is 24.2 Å². The lowest BCUT2D eigenvalue weighted by molar-refractivity contribution is -0.142. The van der Waals surface area contributed by atoms with Crippen molar-refractivity contribution in [1.29, 1.82) is 0 Å². The van der Waals surface area contributed by atoms with Crippen LogP contribution in [-0.2, 0) is 14.2 Å². The maximum absolute atomic E-state index is 12.6. The molecule has 0 aliphatic rings. The van der Waals surface area contributed by atoms with Crippen LogP contribution < -0.4 is 5.32 Å². The highest BCUT2D eigenvalue weighted by Gasteiger charge is 2.38. The molecule has 0 fully saturated rings. The Hall–Kier alpha value is -2.38. The molecule has 3 unspecified atom stereocenters. The molecule has 0 saturated carbocycles. The summed E-state index contributed by atoms with van der Waals surface area (Å²) in [6.45, 7) is 0. The van der Waals surface area contributed by atoms with Crippen LogP contribution in [0.25, 0.3) is 0 Å². The highest BCUT2D eigenvalue weighted by Crippen LogP contribution is 2.55. The van der Waals surface area contributed by atoms with E-state index in [9.17, 15) is 23.8 Å². The monoisotopic (exact) mass is 359 g/mol. The molecule has 0 radical (unpaired) electrons. The minimum Gasteiger partial charge on any atom is -0.481 e. The zero-order chi connectivity index (χ0) is 18.3. The van der Waals surface area contributed by atoms with E-state index in [-0.39, 0.29) is 12.0 Å². The molecule has 0 aliphatic carbocycles. The average molecular weight is 359 g/mol. The summed E-state index contributed by atoms with van der Waals surface area (Å²) >= 11 is 0. The summed E-state index contributed by atoms with van der Waals surface area (Å²) in [4.78, 5) is 43.0. The molecule has 0 spiro atoms. The van der Waals surface area contributed by atoms with Gasteiger partial charge in [0.2, 0.25) is 7.37 Å². The molecule has 1 aromatic rings. The minimum atomic E-state index is -4.31. The van der Waals surface area contributed by atoms with Crippen LogP contribution in [0.4, 0.5) is 4.79 Å². The fourth-order valence-corrected chi connectivity index (χ4v) is 4.31. The average Bonchev–Trinajstić information content (AvgIpc) is 2.49. The van der Waals surface area contributed by atoms with Gasteiger partial charge < -0.3 is 25.5 Å². The van der Waals surface area contributed by atoms with Crippen molar-refractivity contribution < 1.29 is 39.2 Å². The SMILES string of the molecule is O=C(O)CCC(CP(=O)(O)C(NC(=O)O)c1ccccc1)C(=O)O. The smallest absolute Gasteiger partial charge is 0.405 e. The van der Waals surface area contributed by atoms with Crippen molar-refractivity contribution in [3.8, 4) is 0 Å². The number of rotatable bonds is 9. The Morgan fingerprint density at radius 2 is 1.67 bits per heavy atom. The van der Waals surface area contributed by atoms with Gasteiger partial charge in [0.25, 0.3) is 0 Å². The van der Waals surface area contributed by atoms with Crippen molar-refractivity contribution in [2.45, 2.75) is 18.6 Å². The summed E-state index contributed by atoms with van der Waals surface area (Å²) in [6, 6.07) is 7.61. The fourth-order valence-electron chi connectivity index (χ4n) is 2.18. The van der Waals surface area contributed by atoms with Crippen LogP contribution in [0.3, 0.4) is 0 Å². The number of hydrogen-bond donors (Lipinski definition) is 5. The zero-order valence-electron chi connectivity index (χ0n) is 12.5. The normalized spacial score (nSPS) is 15.7. The number of carboxylic acids is 2. The van der Waals surface area contributed by atoms with E-state index in [1.54, 1.807) is 18.2 Å². The zero-order valence-corrected chi connectivity index (χ0v) is 13.4. The maximum Gasteiger partial charge on any atom is 0.405 e. The van der Waals surface area contributed by atoms with E-state index in [2.05, 4.69) is 0 Å². The standard InChI is InChI=1S/C14H18NO8P/c16-11(17)7-6-10(13(18)19)8-24(22,23)12(15-14(20)21)9-4-2-1-3-5-9/h1-5,10,12,15H,6-8H2,(H,16,17)(H,18,19)(H,20,21)(H,22,23). The van der Waals surface area contributed by atoms with Gasteiger partial charge in [-0.05, 0) is 12.0 Å². The van der Waals surface area contributed by atoms with Gasteiger partial charge in [-0.25, -0.2) is 4.79 Å². The first-order valence-corrected chi connectivity index (χ1v) is 8.85. The lowest BCUT2D eigenvalue weighted by atomic mass is 10.1. The summed E-state index contributed by atoms with van der Waals surface area (Å²) in [5.74, 6) is -5.51. The highest BCUT2D eigenvalue weighted by atomic mass is 31.2. The second-order valence-electron chi connectivity index (χ2n) is 5.17. The van der Waals surface area contributed by atoms with Gasteiger partial charge in [-0.15, -0.1) is 0 Å². The predicted molar refractivity (Wildman–Crippen MR) is 83.0 cm³/mol. The second-order valence-corrected chi connectivity index (χ2v) is 7.56. The first-order valence-electron chi connectivity index (χ1n) is 6.94. The number of carbonyl (C=O) groups is 3. The number of nitrogens with one attached hydrogen (secondary N) is 1. The highest BCUT2D eigenvalue weighted by molar-refractivity contribution is 7.58. The van der Waals surface area contributed by atoms with Gasteiger partial charge in [0.05, 0.1) is 5.92 Å². The van der Waals surface area contributed by atoms with Crippen LogP contribution in [-0.4, -0.2) is 44.4 Å². The van der Waals surface area contributed by atoms with Gasteiger partial charge in [0.1, 0.15) is 5.78 Å². The summed E-state index contributed by atoms with van der Waals surface area (Å²) in [5.41, 5.74) is 0.216. The largest absolute Gasteiger partial charge is 0.481 e. The summed E-state index contributed by atoms with van der Waals surface area (Å²) in [7, 11) is -4.31. The number of aliphatic carboxylic acids is 2. The van der Waals surface area contributed by atoms with E-state index in [0.717, 1.165) is 0 Å². The number of benzene rings is 1. The Labute approximate surface area is 137 Å². The molecule has 0 bridgehead atoms. The number of hydrogen-bond acceptors (Lipinski definition) is 4. The van der Waals surface area contributed by atoms with Crippen LogP contribution in [0, 0.1) is 5.92 Å². The maximum atomic E-state index is 12.6. The molecule has 1 amide bonds. The van der Waals surface area contributed by atoms with Crippen LogP contribution in [0.5, 0.6) is 0 Å². The van der Waals surface area contributed by atoms with Crippen LogP contribution in [0.15, 0.2) is 30.3 Å². The first kappa shape index (κ1) is 19.7. The van der Waals surface area contributed by atoms with Crippen molar-refractivity contribution >= 4 is 25.4 Å². The molecule has 0 heterocycles. The number of amides is 1. The van der Waals surface area contributed by atoms with Crippen molar-refractivity contribution in [3.05, 3.63) is 35.9 Å². The molecule has 10 heteroatoms. The molecule has 0 saturated heterocycles. The fraction of sp³-hybridized carbons (Fsp3) is 0.357. The third-order valence-electron chi connectivity index (χ3n) is 3.32. The lowest BCUT2D eigenvalue weighted by Gasteiger charge is -2.25. The molecular formula is C14H18NO8P. The van der Waals surface area contributed by atoms with Crippen molar-refractivity contribution in [3.63, 3.8) is 0 Å². The van der Waals surface area contributed by atoms with Crippen LogP contribution >= 0.6 is 7.37 Å². The summed E-state index contributed by atoms with van der Waals surface area (Å²) in [6.07, 6.45) is -3.07. The second kappa shape index (κ2) is 8.47. The molecule has 0 aliphatic heterocycles. The van der Waals surface area contributed by atoms with Gasteiger partial charge in [-0.1, -0.05) is 30.3 Å². The van der Waals surface area contributed by atoms with E-state index >= 15 is 0 Å². The lowest BCUT2D eigenvalue weighted by Crippen LogP contribution is -2.30. The first-order chi connectivity index (χ1) is 11.1. The molecule has 1 rings (SSSR count). The molecule has 3 atom stereocenters. The summed E-state index contributed by atoms with van der Waals surface area (Å²) < 4.78 is 12.6. The third kappa shape index (κ3) is 6.02. The Bertz CT molecular complexity index is 647. The molecule has 132 valence electrons. The van der Waals surface area contributed by atoms with E-state index in [1.807, 2.05) is 5.32 Å². The van der Waals surface area contributed by atoms with Crippen LogP contribution in [0.2, 0.25) is 0 Å². The van der Waals surface area contributed by atoms with Crippen molar-refractivity contribution in [2.24, 2.45) is 5.92 Å². The quantitative estimate of drug-likeness (QED) is 0.417. The number of carboxylic acid groups (broad SMARTS) is 3. The van der Waals surface area contributed by atoms with E-state index in [4.69, 9.17) is 15.3 Å². The molecule has 0 aromatic heterocycles. The molecule has 9 nitrogen and oxygen atoms in total. The van der Waals surface area contributed by atoms with E-state index in [0.29, 0.717) is 0 Å². The van der Waals surface area contributed by atoms with Gasteiger partial charge >= 0.3 is 18.0 Å². The Morgan fingerprint density at radius 3 is 2.12 bits per heavy atom. The predicted octanol–water partition coefficient (Wildman–Crippen LogP) is 1.79. The van der Waals surface area contributed by atoms with Gasteiger partial charge in [-0.2, -0.15) is 0 Å². The Kier molecular flexibility index (Phi) is 6.94. The van der Waals surface area contributed by atoms with Crippen molar-refractivity contribution in [1.82, 2.24) is 5.32 Å². The molecular weight excluding hydrogens is 341 g/mol. The Balaban J connectivity index is 3.05. The van der Waals surface area contributed by atoms with Crippen molar-refractivity contribution in [2.75, 3.05) is 6.16 Å². The minimum absolute atomic E-state index is 0.216. The van der Waals surface area contributed by atoms with Gasteiger partial charge in [0, 0.05) is 12.6 Å². The molecule has 5 N–H and O–H groups in total. The molecule has 1 aromatic carbocycles.